The van der Waals surface area contributed by atoms with Crippen LogP contribution in [0.3, 0.4) is 0 Å². The van der Waals surface area contributed by atoms with E-state index in [-0.39, 0.29) is 25.2 Å². The van der Waals surface area contributed by atoms with Crippen LogP contribution in [0.5, 0.6) is 0 Å². The zero-order chi connectivity index (χ0) is 13.5. The van der Waals surface area contributed by atoms with Gasteiger partial charge in [0, 0.05) is 19.4 Å². The molecule has 0 aromatic carbocycles. The Bertz CT molecular complexity index is 298. The molecule has 0 atom stereocenters. The SMILES string of the molecule is CC(C)(CC(=O)O)CC(=O)NCCCC(=O)O. The Balaban J connectivity index is 3.85. The van der Waals surface area contributed by atoms with Crippen molar-refractivity contribution < 1.29 is 24.6 Å². The van der Waals surface area contributed by atoms with Gasteiger partial charge >= 0.3 is 11.9 Å². The van der Waals surface area contributed by atoms with Crippen molar-refractivity contribution in [2.45, 2.75) is 39.5 Å². The van der Waals surface area contributed by atoms with E-state index in [9.17, 15) is 14.4 Å². The molecule has 0 aliphatic carbocycles. The minimum atomic E-state index is -0.936. The fourth-order valence-corrected chi connectivity index (χ4v) is 1.44. The third kappa shape index (κ3) is 9.35. The zero-order valence-corrected chi connectivity index (χ0v) is 10.2. The summed E-state index contributed by atoms with van der Waals surface area (Å²) >= 11 is 0. The Hall–Kier alpha value is -1.59. The molecule has 0 spiro atoms. The maximum Gasteiger partial charge on any atom is 0.303 e. The molecule has 98 valence electrons. The van der Waals surface area contributed by atoms with Gasteiger partial charge in [0.1, 0.15) is 0 Å². The van der Waals surface area contributed by atoms with Gasteiger partial charge in [-0.2, -0.15) is 0 Å². The summed E-state index contributed by atoms with van der Waals surface area (Å²) in [6, 6.07) is 0. The van der Waals surface area contributed by atoms with Crippen LogP contribution in [0, 0.1) is 5.41 Å². The molecule has 0 rings (SSSR count). The van der Waals surface area contributed by atoms with Crippen molar-refractivity contribution >= 4 is 17.8 Å². The van der Waals surface area contributed by atoms with E-state index < -0.39 is 17.4 Å². The minimum absolute atomic E-state index is 0.0127. The Labute approximate surface area is 100 Å². The summed E-state index contributed by atoms with van der Waals surface area (Å²) in [5.41, 5.74) is -0.595. The van der Waals surface area contributed by atoms with Crippen molar-refractivity contribution in [3.8, 4) is 0 Å². The Morgan fingerprint density at radius 1 is 1.06 bits per heavy atom. The largest absolute Gasteiger partial charge is 0.481 e. The maximum absolute atomic E-state index is 11.4. The van der Waals surface area contributed by atoms with Crippen molar-refractivity contribution in [1.82, 2.24) is 5.32 Å². The molecule has 0 unspecified atom stereocenters. The molecule has 0 aliphatic rings. The average molecular weight is 245 g/mol. The predicted octanol–water partition coefficient (Wildman–Crippen LogP) is 0.858. The van der Waals surface area contributed by atoms with Crippen molar-refractivity contribution in [3.63, 3.8) is 0 Å². The van der Waals surface area contributed by atoms with Gasteiger partial charge in [0.25, 0.3) is 0 Å². The summed E-state index contributed by atoms with van der Waals surface area (Å²) < 4.78 is 0. The molecule has 0 saturated carbocycles. The van der Waals surface area contributed by atoms with Gasteiger partial charge in [-0.15, -0.1) is 0 Å². The summed E-state index contributed by atoms with van der Waals surface area (Å²) in [5, 5.41) is 19.6. The first-order valence-corrected chi connectivity index (χ1v) is 5.43. The number of nitrogens with one attached hydrogen (secondary N) is 1. The van der Waals surface area contributed by atoms with E-state index in [1.807, 2.05) is 0 Å². The molecule has 0 aromatic heterocycles. The van der Waals surface area contributed by atoms with Crippen LogP contribution in [-0.2, 0) is 14.4 Å². The van der Waals surface area contributed by atoms with Gasteiger partial charge in [-0.25, -0.2) is 0 Å². The van der Waals surface area contributed by atoms with E-state index in [1.165, 1.54) is 0 Å². The second-order valence-electron chi connectivity index (χ2n) is 4.76. The van der Waals surface area contributed by atoms with E-state index in [4.69, 9.17) is 10.2 Å². The zero-order valence-electron chi connectivity index (χ0n) is 10.2. The quantitative estimate of drug-likeness (QED) is 0.550. The van der Waals surface area contributed by atoms with E-state index in [1.54, 1.807) is 13.8 Å². The van der Waals surface area contributed by atoms with E-state index in [0.29, 0.717) is 13.0 Å². The molecule has 6 heteroatoms. The van der Waals surface area contributed by atoms with Crippen LogP contribution >= 0.6 is 0 Å². The molecule has 0 aromatic rings. The van der Waals surface area contributed by atoms with Gasteiger partial charge in [0.05, 0.1) is 6.42 Å². The molecule has 0 heterocycles. The highest BCUT2D eigenvalue weighted by atomic mass is 16.4. The first-order chi connectivity index (χ1) is 7.73. The number of aliphatic carboxylic acids is 2. The molecule has 6 nitrogen and oxygen atoms in total. The lowest BCUT2D eigenvalue weighted by molar-refractivity contribution is -0.140. The lowest BCUT2D eigenvalue weighted by Crippen LogP contribution is -2.30. The molecule has 0 bridgehead atoms. The maximum atomic E-state index is 11.4. The molecule has 3 N–H and O–H groups in total. The predicted molar refractivity (Wildman–Crippen MR) is 60.5 cm³/mol. The normalized spacial score (nSPS) is 10.9. The molecule has 0 radical (unpaired) electrons. The summed E-state index contributed by atoms with van der Waals surface area (Å²) in [6.45, 7) is 3.71. The molecular formula is C11H19NO5. The number of hydrogen-bond donors (Lipinski definition) is 3. The van der Waals surface area contributed by atoms with Crippen LogP contribution < -0.4 is 5.32 Å². The lowest BCUT2D eigenvalue weighted by atomic mass is 9.85. The first-order valence-electron chi connectivity index (χ1n) is 5.43. The minimum Gasteiger partial charge on any atom is -0.481 e. The van der Waals surface area contributed by atoms with Gasteiger partial charge in [-0.1, -0.05) is 13.8 Å². The smallest absolute Gasteiger partial charge is 0.303 e. The fraction of sp³-hybridized carbons (Fsp3) is 0.727. The van der Waals surface area contributed by atoms with E-state index in [2.05, 4.69) is 5.32 Å². The van der Waals surface area contributed by atoms with Crippen LogP contribution in [0.4, 0.5) is 0 Å². The lowest BCUT2D eigenvalue weighted by Gasteiger charge is -2.21. The summed E-state index contributed by atoms with van der Waals surface area (Å²) in [6.07, 6.45) is 0.432. The highest BCUT2D eigenvalue weighted by Gasteiger charge is 2.24. The molecule has 0 aliphatic heterocycles. The van der Waals surface area contributed by atoms with Crippen LogP contribution in [-0.4, -0.2) is 34.6 Å². The topological polar surface area (TPSA) is 104 Å². The molecule has 0 fully saturated rings. The van der Waals surface area contributed by atoms with Crippen molar-refractivity contribution in [2.75, 3.05) is 6.54 Å². The Morgan fingerprint density at radius 3 is 2.12 bits per heavy atom. The molecular weight excluding hydrogens is 226 g/mol. The average Bonchev–Trinajstić information content (AvgIpc) is 2.08. The third-order valence-corrected chi connectivity index (χ3v) is 2.16. The number of carbonyl (C=O) groups excluding carboxylic acids is 1. The first kappa shape index (κ1) is 15.4. The summed E-state index contributed by atoms with van der Waals surface area (Å²) in [4.78, 5) is 32.2. The van der Waals surface area contributed by atoms with Gasteiger partial charge in [-0.3, -0.25) is 14.4 Å². The number of carboxylic acid groups (broad SMARTS) is 2. The molecule has 1 amide bonds. The van der Waals surface area contributed by atoms with E-state index >= 15 is 0 Å². The third-order valence-electron chi connectivity index (χ3n) is 2.16. The van der Waals surface area contributed by atoms with Crippen LogP contribution in [0.2, 0.25) is 0 Å². The van der Waals surface area contributed by atoms with Crippen molar-refractivity contribution in [3.05, 3.63) is 0 Å². The number of rotatable bonds is 8. The summed E-state index contributed by atoms with van der Waals surface area (Å²) in [5.74, 6) is -2.08. The van der Waals surface area contributed by atoms with Crippen molar-refractivity contribution in [2.24, 2.45) is 5.41 Å². The van der Waals surface area contributed by atoms with Crippen LogP contribution in [0.15, 0.2) is 0 Å². The van der Waals surface area contributed by atoms with Gasteiger partial charge in [-0.05, 0) is 11.8 Å². The van der Waals surface area contributed by atoms with Gasteiger partial charge in [0.2, 0.25) is 5.91 Å². The molecule has 0 saturated heterocycles. The van der Waals surface area contributed by atoms with Crippen LogP contribution in [0.25, 0.3) is 0 Å². The highest BCUT2D eigenvalue weighted by Crippen LogP contribution is 2.24. The number of carbonyl (C=O) groups is 3. The molecule has 17 heavy (non-hydrogen) atoms. The second-order valence-corrected chi connectivity index (χ2v) is 4.76. The summed E-state index contributed by atoms with van der Waals surface area (Å²) in [7, 11) is 0. The monoisotopic (exact) mass is 245 g/mol. The van der Waals surface area contributed by atoms with E-state index in [0.717, 1.165) is 0 Å². The fourth-order valence-electron chi connectivity index (χ4n) is 1.44. The Morgan fingerprint density at radius 2 is 1.65 bits per heavy atom. The van der Waals surface area contributed by atoms with Gasteiger partial charge in [0.15, 0.2) is 0 Å². The van der Waals surface area contributed by atoms with Crippen LogP contribution in [0.1, 0.15) is 39.5 Å². The van der Waals surface area contributed by atoms with Gasteiger partial charge < -0.3 is 15.5 Å². The second kappa shape index (κ2) is 6.88. The number of carboxylic acids is 2. The van der Waals surface area contributed by atoms with Crippen molar-refractivity contribution in [1.29, 1.82) is 0 Å². The number of hydrogen-bond acceptors (Lipinski definition) is 3. The highest BCUT2D eigenvalue weighted by molar-refractivity contribution is 5.78. The standard InChI is InChI=1S/C11H19NO5/c1-11(2,7-10(16)17)6-8(13)12-5-3-4-9(14)15/h3-7H2,1-2H3,(H,12,13)(H,14,15)(H,16,17). The Kier molecular flexibility index (Phi) is 6.23. The number of amides is 1.